The molecule has 27 heavy (non-hydrogen) atoms. The smallest absolute Gasteiger partial charge is 0.258 e. The highest BCUT2D eigenvalue weighted by molar-refractivity contribution is 14.0. The molecule has 6 nitrogen and oxygen atoms in total. The van der Waals surface area contributed by atoms with Gasteiger partial charge in [0, 0.05) is 26.2 Å². The molecular weight excluding hydrogens is 455 g/mol. The number of benzene rings is 1. The van der Waals surface area contributed by atoms with Crippen LogP contribution in [0.15, 0.2) is 29.3 Å². The fourth-order valence-corrected chi connectivity index (χ4v) is 2.42. The molecule has 2 rings (SSSR count). The van der Waals surface area contributed by atoms with Crippen LogP contribution in [0, 0.1) is 5.92 Å². The van der Waals surface area contributed by atoms with Crippen molar-refractivity contribution in [1.29, 1.82) is 0 Å². The number of hydrogen-bond acceptors (Lipinski definition) is 3. The predicted molar refractivity (Wildman–Crippen MR) is 121 cm³/mol. The van der Waals surface area contributed by atoms with Crippen LogP contribution in [-0.2, 0) is 11.2 Å². The van der Waals surface area contributed by atoms with Gasteiger partial charge < -0.3 is 20.7 Å². The molecule has 0 aliphatic heterocycles. The van der Waals surface area contributed by atoms with Gasteiger partial charge in [0.15, 0.2) is 12.6 Å². The van der Waals surface area contributed by atoms with Gasteiger partial charge in [-0.2, -0.15) is 0 Å². The molecule has 1 saturated carbocycles. The quantitative estimate of drug-likeness (QED) is 0.269. The number of rotatable bonds is 10. The van der Waals surface area contributed by atoms with Crippen molar-refractivity contribution in [2.75, 3.05) is 26.7 Å². The molecule has 0 aromatic heterocycles. The lowest BCUT2D eigenvalue weighted by Crippen LogP contribution is -2.39. The van der Waals surface area contributed by atoms with Crippen LogP contribution in [0.2, 0.25) is 0 Å². The van der Waals surface area contributed by atoms with Gasteiger partial charge in [-0.1, -0.05) is 26.0 Å². The van der Waals surface area contributed by atoms with Crippen LogP contribution in [0.5, 0.6) is 5.75 Å². The summed E-state index contributed by atoms with van der Waals surface area (Å²) >= 11 is 0. The van der Waals surface area contributed by atoms with Crippen molar-refractivity contribution >= 4 is 35.8 Å². The van der Waals surface area contributed by atoms with E-state index < -0.39 is 0 Å². The normalized spacial score (nSPS) is 13.7. The largest absolute Gasteiger partial charge is 0.484 e. The fourth-order valence-electron chi connectivity index (χ4n) is 2.42. The SMILES string of the molecule is CN=C(NCCc1ccc(OCC(=O)NC2CC2)cc1)NCCC(C)C.I. The van der Waals surface area contributed by atoms with Crippen molar-refractivity contribution in [3.63, 3.8) is 0 Å². The minimum absolute atomic E-state index is 0. The maximum atomic E-state index is 11.6. The first-order valence-corrected chi connectivity index (χ1v) is 9.52. The van der Waals surface area contributed by atoms with Crippen LogP contribution >= 0.6 is 24.0 Å². The van der Waals surface area contributed by atoms with Gasteiger partial charge in [-0.15, -0.1) is 24.0 Å². The van der Waals surface area contributed by atoms with E-state index in [1.165, 1.54) is 5.56 Å². The summed E-state index contributed by atoms with van der Waals surface area (Å²) in [5.41, 5.74) is 1.21. The average Bonchev–Trinajstić information content (AvgIpc) is 3.43. The van der Waals surface area contributed by atoms with Crippen LogP contribution < -0.4 is 20.7 Å². The second-order valence-electron chi connectivity index (χ2n) is 7.13. The van der Waals surface area contributed by atoms with Gasteiger partial charge in [0.25, 0.3) is 5.91 Å². The second kappa shape index (κ2) is 12.8. The second-order valence-corrected chi connectivity index (χ2v) is 7.13. The molecule has 0 spiro atoms. The highest BCUT2D eigenvalue weighted by Crippen LogP contribution is 2.18. The third kappa shape index (κ3) is 10.4. The van der Waals surface area contributed by atoms with Crippen molar-refractivity contribution in [3.8, 4) is 5.75 Å². The third-order valence-electron chi connectivity index (χ3n) is 4.18. The van der Waals surface area contributed by atoms with Crippen molar-refractivity contribution in [3.05, 3.63) is 29.8 Å². The first kappa shape index (κ1) is 23.5. The number of nitrogens with zero attached hydrogens (tertiary/aromatic N) is 1. The lowest BCUT2D eigenvalue weighted by atomic mass is 10.1. The molecule has 1 aliphatic rings. The summed E-state index contributed by atoms with van der Waals surface area (Å²) in [4.78, 5) is 15.9. The van der Waals surface area contributed by atoms with E-state index in [4.69, 9.17) is 4.74 Å². The summed E-state index contributed by atoms with van der Waals surface area (Å²) in [5, 5.41) is 9.56. The standard InChI is InChI=1S/C20H32N4O2.HI/c1-15(2)10-12-22-20(21-3)23-13-11-16-4-8-18(9-5-16)26-14-19(25)24-17-6-7-17;/h4-5,8-9,15,17H,6-7,10-14H2,1-3H3,(H,24,25)(H2,21,22,23);1H. The molecule has 1 aromatic carbocycles. The molecular formula is C20H33IN4O2. The minimum Gasteiger partial charge on any atom is -0.484 e. The Morgan fingerprint density at radius 2 is 1.85 bits per heavy atom. The van der Waals surface area contributed by atoms with Gasteiger partial charge in [0.05, 0.1) is 0 Å². The van der Waals surface area contributed by atoms with E-state index >= 15 is 0 Å². The number of nitrogens with one attached hydrogen (secondary N) is 3. The van der Waals surface area contributed by atoms with Gasteiger partial charge in [-0.3, -0.25) is 9.79 Å². The Morgan fingerprint density at radius 3 is 2.44 bits per heavy atom. The van der Waals surface area contributed by atoms with Crippen LogP contribution in [0.3, 0.4) is 0 Å². The maximum absolute atomic E-state index is 11.6. The highest BCUT2D eigenvalue weighted by Gasteiger charge is 2.23. The number of ether oxygens (including phenoxy) is 1. The van der Waals surface area contributed by atoms with Crippen LogP contribution in [0.25, 0.3) is 0 Å². The molecule has 7 heteroatoms. The Hall–Kier alpha value is -1.51. The van der Waals surface area contributed by atoms with Gasteiger partial charge in [0.2, 0.25) is 0 Å². The molecule has 1 aliphatic carbocycles. The van der Waals surface area contributed by atoms with Crippen molar-refractivity contribution in [2.24, 2.45) is 10.9 Å². The Bertz CT molecular complexity index is 586. The van der Waals surface area contributed by atoms with Gasteiger partial charge in [-0.05, 0) is 49.3 Å². The summed E-state index contributed by atoms with van der Waals surface area (Å²) in [6.07, 6.45) is 4.20. The zero-order valence-corrected chi connectivity index (χ0v) is 18.9. The van der Waals surface area contributed by atoms with E-state index in [9.17, 15) is 4.79 Å². The zero-order chi connectivity index (χ0) is 18.8. The molecule has 0 radical (unpaired) electrons. The lowest BCUT2D eigenvalue weighted by Gasteiger charge is -2.13. The van der Waals surface area contributed by atoms with E-state index in [1.807, 2.05) is 24.3 Å². The highest BCUT2D eigenvalue weighted by atomic mass is 127. The molecule has 0 unspecified atom stereocenters. The van der Waals surface area contributed by atoms with E-state index in [0.29, 0.717) is 12.0 Å². The summed E-state index contributed by atoms with van der Waals surface area (Å²) in [5.74, 6) is 2.20. The molecule has 1 amide bonds. The Morgan fingerprint density at radius 1 is 1.19 bits per heavy atom. The fraction of sp³-hybridized carbons (Fsp3) is 0.600. The number of carbonyl (C=O) groups is 1. The van der Waals surface area contributed by atoms with Crippen LogP contribution in [0.4, 0.5) is 0 Å². The topological polar surface area (TPSA) is 74.8 Å². The third-order valence-corrected chi connectivity index (χ3v) is 4.18. The first-order chi connectivity index (χ1) is 12.6. The van der Waals surface area contributed by atoms with Crippen molar-refractivity contribution in [2.45, 2.75) is 45.6 Å². The van der Waals surface area contributed by atoms with Gasteiger partial charge in [0.1, 0.15) is 5.75 Å². The molecule has 0 heterocycles. The van der Waals surface area contributed by atoms with E-state index in [-0.39, 0.29) is 36.5 Å². The van der Waals surface area contributed by atoms with Gasteiger partial charge >= 0.3 is 0 Å². The van der Waals surface area contributed by atoms with E-state index in [1.54, 1.807) is 7.05 Å². The number of hydrogen-bond donors (Lipinski definition) is 3. The minimum atomic E-state index is -0.0443. The molecule has 1 fully saturated rings. The summed E-state index contributed by atoms with van der Waals surface area (Å²) < 4.78 is 5.52. The number of carbonyl (C=O) groups excluding carboxylic acids is 1. The molecule has 3 N–H and O–H groups in total. The monoisotopic (exact) mass is 488 g/mol. The summed E-state index contributed by atoms with van der Waals surface area (Å²) in [6, 6.07) is 8.26. The Labute approximate surface area is 179 Å². The Kier molecular flexibility index (Phi) is 11.2. The Balaban J connectivity index is 0.00000364. The van der Waals surface area contributed by atoms with Crippen molar-refractivity contribution < 1.29 is 9.53 Å². The molecule has 0 saturated heterocycles. The summed E-state index contributed by atoms with van der Waals surface area (Å²) in [6.45, 7) is 6.24. The number of amides is 1. The molecule has 1 aromatic rings. The molecule has 152 valence electrons. The van der Waals surface area contributed by atoms with E-state index in [0.717, 1.165) is 50.5 Å². The number of guanidine groups is 1. The zero-order valence-electron chi connectivity index (χ0n) is 16.6. The lowest BCUT2D eigenvalue weighted by molar-refractivity contribution is -0.123. The number of aliphatic imine (C=N–C) groups is 1. The maximum Gasteiger partial charge on any atom is 0.258 e. The average molecular weight is 488 g/mol. The molecule has 0 atom stereocenters. The van der Waals surface area contributed by atoms with E-state index in [2.05, 4.69) is 34.8 Å². The predicted octanol–water partition coefficient (Wildman–Crippen LogP) is 2.72. The van der Waals surface area contributed by atoms with Gasteiger partial charge in [-0.25, -0.2) is 0 Å². The first-order valence-electron chi connectivity index (χ1n) is 9.52. The molecule has 0 bridgehead atoms. The van der Waals surface area contributed by atoms with Crippen LogP contribution in [0.1, 0.15) is 38.7 Å². The number of halogens is 1. The summed E-state index contributed by atoms with van der Waals surface area (Å²) in [7, 11) is 1.79. The van der Waals surface area contributed by atoms with Crippen LogP contribution in [-0.4, -0.2) is 44.7 Å². The van der Waals surface area contributed by atoms with Crippen molar-refractivity contribution in [1.82, 2.24) is 16.0 Å².